The smallest absolute Gasteiger partial charge is 0.256 e. The summed E-state index contributed by atoms with van der Waals surface area (Å²) in [6.45, 7) is 9.24. The van der Waals surface area contributed by atoms with E-state index in [1.165, 1.54) is 0 Å². The van der Waals surface area contributed by atoms with E-state index in [0.29, 0.717) is 18.7 Å². The van der Waals surface area contributed by atoms with E-state index >= 15 is 0 Å². The summed E-state index contributed by atoms with van der Waals surface area (Å²) in [6.07, 6.45) is 1.74. The third-order valence-corrected chi connectivity index (χ3v) is 3.69. The fourth-order valence-corrected chi connectivity index (χ4v) is 3.25. The van der Waals surface area contributed by atoms with Gasteiger partial charge in [-0.15, -0.1) is 0 Å². The summed E-state index contributed by atoms with van der Waals surface area (Å²) in [5.41, 5.74) is 0.765. The number of nitrogens with one attached hydrogen (secondary N) is 1. The zero-order valence-electron chi connectivity index (χ0n) is 12.9. The molecule has 5 heteroatoms. The SMILES string of the molecule is CC1(C)CN(C(=O)c2cccc3cn[nH]c23)CC(C)(C)O1. The van der Waals surface area contributed by atoms with E-state index in [4.69, 9.17) is 4.74 Å². The molecule has 1 aliphatic heterocycles. The largest absolute Gasteiger partial charge is 0.366 e. The van der Waals surface area contributed by atoms with Crippen molar-refractivity contribution < 1.29 is 9.53 Å². The van der Waals surface area contributed by atoms with Gasteiger partial charge in [0.2, 0.25) is 0 Å². The molecule has 1 fully saturated rings. The van der Waals surface area contributed by atoms with Crippen LogP contribution in [-0.2, 0) is 4.74 Å². The number of amides is 1. The number of hydrogen-bond acceptors (Lipinski definition) is 3. The van der Waals surface area contributed by atoms with E-state index in [2.05, 4.69) is 10.2 Å². The number of carbonyl (C=O) groups is 1. The number of aromatic amines is 1. The van der Waals surface area contributed by atoms with Gasteiger partial charge in [-0.2, -0.15) is 5.10 Å². The molecule has 1 aliphatic rings. The second kappa shape index (κ2) is 4.56. The van der Waals surface area contributed by atoms with Crippen molar-refractivity contribution in [1.29, 1.82) is 0 Å². The first-order chi connectivity index (χ1) is 9.77. The molecule has 0 aliphatic carbocycles. The maximum absolute atomic E-state index is 12.9. The van der Waals surface area contributed by atoms with E-state index in [9.17, 15) is 4.79 Å². The second-order valence-electron chi connectivity index (χ2n) is 6.92. The minimum Gasteiger partial charge on any atom is -0.366 e. The highest BCUT2D eigenvalue weighted by atomic mass is 16.5. The number of para-hydroxylation sites is 1. The Balaban J connectivity index is 1.96. The monoisotopic (exact) mass is 287 g/mol. The Morgan fingerprint density at radius 1 is 1.24 bits per heavy atom. The number of carbonyl (C=O) groups excluding carboxylic acids is 1. The van der Waals surface area contributed by atoms with Gasteiger partial charge in [0.15, 0.2) is 0 Å². The van der Waals surface area contributed by atoms with Crippen molar-refractivity contribution >= 4 is 16.8 Å². The first-order valence-corrected chi connectivity index (χ1v) is 7.19. The molecule has 0 spiro atoms. The first-order valence-electron chi connectivity index (χ1n) is 7.19. The molecule has 0 atom stereocenters. The number of fused-ring (bicyclic) bond motifs is 1. The summed E-state index contributed by atoms with van der Waals surface area (Å²) in [6, 6.07) is 5.68. The van der Waals surface area contributed by atoms with Gasteiger partial charge in [-0.1, -0.05) is 12.1 Å². The quantitative estimate of drug-likeness (QED) is 0.877. The Morgan fingerprint density at radius 2 is 1.90 bits per heavy atom. The van der Waals surface area contributed by atoms with Crippen molar-refractivity contribution in [2.24, 2.45) is 0 Å². The van der Waals surface area contributed by atoms with Crippen molar-refractivity contribution in [1.82, 2.24) is 15.1 Å². The predicted octanol–water partition coefficient (Wildman–Crippen LogP) is 2.59. The van der Waals surface area contributed by atoms with Crippen LogP contribution in [0.1, 0.15) is 38.1 Å². The van der Waals surface area contributed by atoms with E-state index < -0.39 is 0 Å². The van der Waals surface area contributed by atoms with E-state index in [0.717, 1.165) is 10.9 Å². The van der Waals surface area contributed by atoms with Gasteiger partial charge in [0.1, 0.15) is 0 Å². The maximum Gasteiger partial charge on any atom is 0.256 e. The number of nitrogens with zero attached hydrogens (tertiary/aromatic N) is 2. The van der Waals surface area contributed by atoms with Crippen LogP contribution in [0, 0.1) is 0 Å². The van der Waals surface area contributed by atoms with Gasteiger partial charge in [-0.3, -0.25) is 9.89 Å². The van der Waals surface area contributed by atoms with Crippen LogP contribution in [0.3, 0.4) is 0 Å². The topological polar surface area (TPSA) is 58.2 Å². The number of benzene rings is 1. The lowest BCUT2D eigenvalue weighted by atomic mass is 9.98. The lowest BCUT2D eigenvalue weighted by Crippen LogP contribution is -2.58. The van der Waals surface area contributed by atoms with E-state index in [1.54, 1.807) is 6.20 Å². The lowest BCUT2D eigenvalue weighted by molar-refractivity contribution is -0.171. The van der Waals surface area contributed by atoms with Gasteiger partial charge in [0.05, 0.1) is 28.5 Å². The molecule has 1 N–H and O–H groups in total. The van der Waals surface area contributed by atoms with Crippen LogP contribution in [0.5, 0.6) is 0 Å². The third kappa shape index (κ3) is 2.65. The Labute approximate surface area is 124 Å². The van der Waals surface area contributed by atoms with Crippen LogP contribution in [0.4, 0.5) is 0 Å². The van der Waals surface area contributed by atoms with E-state index in [1.807, 2.05) is 50.8 Å². The van der Waals surface area contributed by atoms with Crippen molar-refractivity contribution in [2.75, 3.05) is 13.1 Å². The molecule has 5 nitrogen and oxygen atoms in total. The summed E-state index contributed by atoms with van der Waals surface area (Å²) in [4.78, 5) is 14.8. The standard InChI is InChI=1S/C16H21N3O2/c1-15(2)9-19(10-16(3,4)21-15)14(20)12-7-5-6-11-8-17-18-13(11)12/h5-8H,9-10H2,1-4H3,(H,17,18). The predicted molar refractivity (Wildman–Crippen MR) is 81.2 cm³/mol. The molecule has 2 heterocycles. The molecular formula is C16H21N3O2. The highest BCUT2D eigenvalue weighted by Gasteiger charge is 2.40. The molecule has 0 radical (unpaired) electrons. The maximum atomic E-state index is 12.9. The van der Waals surface area contributed by atoms with Gasteiger partial charge in [-0.05, 0) is 33.8 Å². The lowest BCUT2D eigenvalue weighted by Gasteiger charge is -2.47. The van der Waals surface area contributed by atoms with Crippen LogP contribution in [-0.4, -0.2) is 45.3 Å². The van der Waals surface area contributed by atoms with Gasteiger partial charge >= 0.3 is 0 Å². The molecule has 0 unspecified atom stereocenters. The Morgan fingerprint density at radius 3 is 2.57 bits per heavy atom. The van der Waals surface area contributed by atoms with Crippen LogP contribution in [0.15, 0.2) is 24.4 Å². The molecule has 1 aromatic carbocycles. The number of hydrogen-bond donors (Lipinski definition) is 1. The van der Waals surface area contributed by atoms with Crippen LogP contribution < -0.4 is 0 Å². The highest BCUT2D eigenvalue weighted by Crippen LogP contribution is 2.29. The number of H-pyrrole nitrogens is 1. The van der Waals surface area contributed by atoms with Crippen molar-refractivity contribution in [3.63, 3.8) is 0 Å². The molecule has 21 heavy (non-hydrogen) atoms. The third-order valence-electron chi connectivity index (χ3n) is 3.69. The molecule has 3 rings (SSSR count). The Kier molecular flexibility index (Phi) is 3.06. The number of aromatic nitrogens is 2. The normalized spacial score (nSPS) is 20.7. The zero-order chi connectivity index (χ0) is 15.3. The van der Waals surface area contributed by atoms with E-state index in [-0.39, 0.29) is 17.1 Å². The molecule has 1 saturated heterocycles. The van der Waals surface area contributed by atoms with Gasteiger partial charge in [-0.25, -0.2) is 0 Å². The highest BCUT2D eigenvalue weighted by molar-refractivity contribution is 6.05. The number of ether oxygens (including phenoxy) is 1. The fourth-order valence-electron chi connectivity index (χ4n) is 3.25. The minimum atomic E-state index is -0.348. The number of rotatable bonds is 1. The van der Waals surface area contributed by atoms with Crippen LogP contribution in [0.2, 0.25) is 0 Å². The fraction of sp³-hybridized carbons (Fsp3) is 0.500. The summed E-state index contributed by atoms with van der Waals surface area (Å²) >= 11 is 0. The molecule has 1 amide bonds. The van der Waals surface area contributed by atoms with Gasteiger partial charge in [0.25, 0.3) is 5.91 Å². The average molecular weight is 287 g/mol. The summed E-state index contributed by atoms with van der Waals surface area (Å²) in [5, 5.41) is 7.90. The van der Waals surface area contributed by atoms with Crippen LogP contribution in [0.25, 0.3) is 10.9 Å². The molecule has 0 saturated carbocycles. The molecule has 112 valence electrons. The summed E-state index contributed by atoms with van der Waals surface area (Å²) in [7, 11) is 0. The average Bonchev–Trinajstić information content (AvgIpc) is 2.82. The number of morpholine rings is 1. The Bertz CT molecular complexity index is 672. The minimum absolute atomic E-state index is 0.0225. The second-order valence-corrected chi connectivity index (χ2v) is 6.92. The van der Waals surface area contributed by atoms with Gasteiger partial charge in [0, 0.05) is 18.5 Å². The molecule has 2 aromatic rings. The van der Waals surface area contributed by atoms with Crippen molar-refractivity contribution in [3.05, 3.63) is 30.0 Å². The molecule has 1 aromatic heterocycles. The zero-order valence-corrected chi connectivity index (χ0v) is 12.9. The van der Waals surface area contributed by atoms with Gasteiger partial charge < -0.3 is 9.64 Å². The Hall–Kier alpha value is -1.88. The summed E-state index contributed by atoms with van der Waals surface area (Å²) in [5.74, 6) is 0.0225. The van der Waals surface area contributed by atoms with Crippen molar-refractivity contribution in [3.8, 4) is 0 Å². The van der Waals surface area contributed by atoms with Crippen LogP contribution >= 0.6 is 0 Å². The molecular weight excluding hydrogens is 266 g/mol. The molecule has 0 bridgehead atoms. The first kappa shape index (κ1) is 14.1. The summed E-state index contributed by atoms with van der Waals surface area (Å²) < 4.78 is 6.04. The van der Waals surface area contributed by atoms with Crippen molar-refractivity contribution in [2.45, 2.75) is 38.9 Å².